The van der Waals surface area contributed by atoms with Crippen molar-refractivity contribution in [2.45, 2.75) is 38.6 Å². The van der Waals surface area contributed by atoms with E-state index in [1.54, 1.807) is 0 Å². The number of carboxylic acids is 1. The van der Waals surface area contributed by atoms with Crippen molar-refractivity contribution in [3.63, 3.8) is 0 Å². The third-order valence-electron chi connectivity index (χ3n) is 1.81. The van der Waals surface area contributed by atoms with Gasteiger partial charge in [-0.2, -0.15) is 0 Å². The molecule has 0 radical (unpaired) electrons. The molecule has 14 heavy (non-hydrogen) atoms. The predicted octanol–water partition coefficient (Wildman–Crippen LogP) is 0.128. The zero-order valence-corrected chi connectivity index (χ0v) is 8.32. The van der Waals surface area contributed by atoms with Gasteiger partial charge in [-0.1, -0.05) is 13.3 Å². The number of aliphatic hydroxyl groups is 1. The first-order valence-corrected chi connectivity index (χ1v) is 4.74. The van der Waals surface area contributed by atoms with E-state index in [-0.39, 0.29) is 18.9 Å². The van der Waals surface area contributed by atoms with Gasteiger partial charge in [-0.3, -0.25) is 4.79 Å². The zero-order chi connectivity index (χ0) is 11.0. The van der Waals surface area contributed by atoms with Gasteiger partial charge < -0.3 is 15.5 Å². The van der Waals surface area contributed by atoms with Crippen LogP contribution < -0.4 is 5.32 Å². The molecule has 0 aromatic carbocycles. The normalized spacial score (nSPS) is 12.1. The standard InChI is InChI=1S/C9H17NO4/c1-2-3-4-8(12)10-7(5-6-11)9(13)14/h7,11H,2-6H2,1H3,(H,10,12)(H,13,14)/t7-/m1/s1. The Labute approximate surface area is 83.1 Å². The summed E-state index contributed by atoms with van der Waals surface area (Å²) in [5.41, 5.74) is 0. The van der Waals surface area contributed by atoms with Crippen LogP contribution in [0.5, 0.6) is 0 Å². The monoisotopic (exact) mass is 203 g/mol. The number of unbranched alkanes of at least 4 members (excludes halogenated alkanes) is 1. The molecule has 5 nitrogen and oxygen atoms in total. The van der Waals surface area contributed by atoms with Gasteiger partial charge in [-0.25, -0.2) is 4.79 Å². The first kappa shape index (κ1) is 12.9. The average Bonchev–Trinajstić information content (AvgIpc) is 2.14. The van der Waals surface area contributed by atoms with Gasteiger partial charge in [-0.05, 0) is 6.42 Å². The lowest BCUT2D eigenvalue weighted by atomic mass is 10.2. The molecule has 1 atom stereocenters. The first-order chi connectivity index (χ1) is 6.61. The van der Waals surface area contributed by atoms with Crippen molar-refractivity contribution in [1.29, 1.82) is 0 Å². The molecule has 1 amide bonds. The highest BCUT2D eigenvalue weighted by Gasteiger charge is 2.18. The molecule has 0 saturated carbocycles. The third kappa shape index (κ3) is 5.53. The van der Waals surface area contributed by atoms with Gasteiger partial charge in [0.05, 0.1) is 0 Å². The van der Waals surface area contributed by atoms with E-state index in [0.717, 1.165) is 12.8 Å². The van der Waals surface area contributed by atoms with Crippen molar-refractivity contribution in [3.8, 4) is 0 Å². The van der Waals surface area contributed by atoms with E-state index in [0.29, 0.717) is 6.42 Å². The smallest absolute Gasteiger partial charge is 0.326 e. The van der Waals surface area contributed by atoms with Crippen LogP contribution in [0.25, 0.3) is 0 Å². The van der Waals surface area contributed by atoms with Crippen molar-refractivity contribution in [3.05, 3.63) is 0 Å². The van der Waals surface area contributed by atoms with E-state index >= 15 is 0 Å². The fourth-order valence-corrected chi connectivity index (χ4v) is 0.990. The number of hydrogen-bond donors (Lipinski definition) is 3. The Bertz CT molecular complexity index is 193. The number of amides is 1. The Hall–Kier alpha value is -1.10. The Morgan fingerprint density at radius 1 is 1.43 bits per heavy atom. The maximum atomic E-state index is 11.1. The maximum Gasteiger partial charge on any atom is 0.326 e. The second-order valence-corrected chi connectivity index (χ2v) is 3.07. The van der Waals surface area contributed by atoms with Crippen molar-refractivity contribution in [1.82, 2.24) is 5.32 Å². The van der Waals surface area contributed by atoms with Crippen LogP contribution in [0.4, 0.5) is 0 Å². The van der Waals surface area contributed by atoms with Gasteiger partial charge in [0.15, 0.2) is 0 Å². The predicted molar refractivity (Wildman–Crippen MR) is 50.8 cm³/mol. The molecular weight excluding hydrogens is 186 g/mol. The van der Waals surface area contributed by atoms with Crippen molar-refractivity contribution in [2.24, 2.45) is 0 Å². The minimum Gasteiger partial charge on any atom is -0.480 e. The van der Waals surface area contributed by atoms with Gasteiger partial charge in [0.1, 0.15) is 6.04 Å². The number of aliphatic hydroxyl groups excluding tert-OH is 1. The summed E-state index contributed by atoms with van der Waals surface area (Å²) in [5, 5.41) is 19.6. The zero-order valence-electron chi connectivity index (χ0n) is 8.32. The number of carbonyl (C=O) groups is 2. The molecule has 0 heterocycles. The molecule has 0 bridgehead atoms. The lowest BCUT2D eigenvalue weighted by molar-refractivity contribution is -0.142. The molecule has 0 saturated heterocycles. The molecule has 0 aromatic rings. The molecule has 0 fully saturated rings. The molecule has 0 rings (SSSR count). The van der Waals surface area contributed by atoms with Crippen LogP contribution in [-0.2, 0) is 9.59 Å². The molecule has 0 aliphatic rings. The summed E-state index contributed by atoms with van der Waals surface area (Å²) in [4.78, 5) is 21.7. The SMILES string of the molecule is CCCCC(=O)N[C@H](CCO)C(=O)O. The Kier molecular flexibility index (Phi) is 6.74. The number of carbonyl (C=O) groups excluding carboxylic acids is 1. The molecular formula is C9H17NO4. The second kappa shape index (κ2) is 7.32. The van der Waals surface area contributed by atoms with Gasteiger partial charge in [-0.15, -0.1) is 0 Å². The largest absolute Gasteiger partial charge is 0.480 e. The summed E-state index contributed by atoms with van der Waals surface area (Å²) >= 11 is 0. The molecule has 82 valence electrons. The lowest BCUT2D eigenvalue weighted by Gasteiger charge is -2.12. The fraction of sp³-hybridized carbons (Fsp3) is 0.778. The first-order valence-electron chi connectivity index (χ1n) is 4.74. The highest BCUT2D eigenvalue weighted by atomic mass is 16.4. The molecule has 0 aliphatic heterocycles. The van der Waals surface area contributed by atoms with Crippen LogP contribution >= 0.6 is 0 Å². The summed E-state index contributed by atoms with van der Waals surface area (Å²) in [6.45, 7) is 1.71. The number of hydrogen-bond acceptors (Lipinski definition) is 3. The third-order valence-corrected chi connectivity index (χ3v) is 1.81. The van der Waals surface area contributed by atoms with Gasteiger partial charge in [0, 0.05) is 19.4 Å². The quantitative estimate of drug-likeness (QED) is 0.549. The molecule has 0 aliphatic carbocycles. The molecule has 0 aromatic heterocycles. The summed E-state index contributed by atoms with van der Waals surface area (Å²) < 4.78 is 0. The Morgan fingerprint density at radius 3 is 2.50 bits per heavy atom. The van der Waals surface area contributed by atoms with E-state index < -0.39 is 12.0 Å². The number of nitrogens with one attached hydrogen (secondary N) is 1. The Morgan fingerprint density at radius 2 is 2.07 bits per heavy atom. The van der Waals surface area contributed by atoms with E-state index in [9.17, 15) is 9.59 Å². The topological polar surface area (TPSA) is 86.6 Å². The van der Waals surface area contributed by atoms with Crippen LogP contribution in [0.2, 0.25) is 0 Å². The fourth-order valence-electron chi connectivity index (χ4n) is 0.990. The van der Waals surface area contributed by atoms with E-state index in [2.05, 4.69) is 5.32 Å². The Balaban J connectivity index is 3.90. The molecule has 0 unspecified atom stereocenters. The number of carboxylic acid groups (broad SMARTS) is 1. The van der Waals surface area contributed by atoms with Crippen molar-refractivity contribution in [2.75, 3.05) is 6.61 Å². The van der Waals surface area contributed by atoms with E-state index in [1.807, 2.05) is 6.92 Å². The summed E-state index contributed by atoms with van der Waals surface area (Å²) in [6, 6.07) is -0.968. The summed E-state index contributed by atoms with van der Waals surface area (Å²) in [7, 11) is 0. The molecule has 5 heteroatoms. The van der Waals surface area contributed by atoms with Crippen LogP contribution in [0, 0.1) is 0 Å². The van der Waals surface area contributed by atoms with Gasteiger partial charge in [0.25, 0.3) is 0 Å². The number of rotatable bonds is 7. The van der Waals surface area contributed by atoms with E-state index in [4.69, 9.17) is 10.2 Å². The highest BCUT2D eigenvalue weighted by molar-refractivity contribution is 5.83. The summed E-state index contributed by atoms with van der Waals surface area (Å²) in [6.07, 6.45) is 2.03. The molecule has 0 spiro atoms. The van der Waals surface area contributed by atoms with Crippen LogP contribution in [0.1, 0.15) is 32.6 Å². The van der Waals surface area contributed by atoms with Crippen LogP contribution in [0.15, 0.2) is 0 Å². The van der Waals surface area contributed by atoms with Crippen LogP contribution in [-0.4, -0.2) is 34.7 Å². The minimum atomic E-state index is -1.11. The van der Waals surface area contributed by atoms with Crippen molar-refractivity contribution >= 4 is 11.9 Å². The molecule has 3 N–H and O–H groups in total. The maximum absolute atomic E-state index is 11.1. The van der Waals surface area contributed by atoms with Crippen LogP contribution in [0.3, 0.4) is 0 Å². The average molecular weight is 203 g/mol. The van der Waals surface area contributed by atoms with Crippen molar-refractivity contribution < 1.29 is 19.8 Å². The van der Waals surface area contributed by atoms with E-state index in [1.165, 1.54) is 0 Å². The second-order valence-electron chi connectivity index (χ2n) is 3.07. The van der Waals surface area contributed by atoms with Gasteiger partial charge >= 0.3 is 5.97 Å². The van der Waals surface area contributed by atoms with Gasteiger partial charge in [0.2, 0.25) is 5.91 Å². The lowest BCUT2D eigenvalue weighted by Crippen LogP contribution is -2.41. The highest BCUT2D eigenvalue weighted by Crippen LogP contribution is 1.97. The number of aliphatic carboxylic acids is 1. The summed E-state index contributed by atoms with van der Waals surface area (Å²) in [5.74, 6) is -1.38. The minimum absolute atomic E-state index is 0.0488.